The van der Waals surface area contributed by atoms with E-state index in [-0.39, 0.29) is 0 Å². The Kier molecular flexibility index (Phi) is 2.82. The Morgan fingerprint density at radius 1 is 1.25 bits per heavy atom. The average Bonchev–Trinajstić information content (AvgIpc) is 2.00. The molecule has 1 heterocycles. The van der Waals surface area contributed by atoms with Crippen LogP contribution >= 0.6 is 0 Å². The van der Waals surface area contributed by atoms with E-state index >= 15 is 0 Å². The first-order valence-electron chi connectivity index (χ1n) is 5.34. The largest absolute Gasteiger partial charge is 0.324 e. The zero-order chi connectivity index (χ0) is 9.35. The van der Waals surface area contributed by atoms with Gasteiger partial charge in [0.15, 0.2) is 0 Å². The molecular weight excluding hydrogens is 146 g/mol. The number of rotatable bonds is 1. The molecule has 0 aromatic carbocycles. The van der Waals surface area contributed by atoms with Crippen molar-refractivity contribution >= 4 is 0 Å². The fraction of sp³-hybridized carbons (Fsp3) is 1.00. The van der Waals surface area contributed by atoms with Gasteiger partial charge in [0.25, 0.3) is 0 Å². The molecular formula is C11H24N+. The van der Waals surface area contributed by atoms with Gasteiger partial charge in [-0.15, -0.1) is 0 Å². The van der Waals surface area contributed by atoms with Crippen LogP contribution in [0.1, 0.15) is 34.1 Å². The normalized spacial score (nSPS) is 49.2. The average molecular weight is 170 g/mol. The van der Waals surface area contributed by atoms with Crippen LogP contribution in [0.15, 0.2) is 0 Å². The van der Waals surface area contributed by atoms with Crippen LogP contribution in [-0.2, 0) is 0 Å². The predicted molar refractivity (Wildman–Crippen MR) is 54.0 cm³/mol. The number of quaternary nitrogens is 1. The van der Waals surface area contributed by atoms with Crippen LogP contribution in [-0.4, -0.2) is 30.7 Å². The van der Waals surface area contributed by atoms with Crippen molar-refractivity contribution in [3.05, 3.63) is 0 Å². The lowest BCUT2D eigenvalue weighted by Crippen LogP contribution is -2.58. The first-order chi connectivity index (χ1) is 5.49. The molecule has 0 aromatic heterocycles. The quantitative estimate of drug-likeness (QED) is 0.530. The molecule has 1 aliphatic rings. The van der Waals surface area contributed by atoms with Gasteiger partial charge in [-0.1, -0.05) is 13.8 Å². The first-order valence-corrected chi connectivity index (χ1v) is 5.34. The molecule has 0 bridgehead atoms. The standard InChI is InChI=1S/C11H24N/c1-6-12(5)8-9(2)7-10(3)11(12)4/h9-11H,6-8H2,1-5H3/q+1. The molecule has 1 fully saturated rings. The van der Waals surface area contributed by atoms with Gasteiger partial charge >= 0.3 is 0 Å². The van der Waals surface area contributed by atoms with E-state index in [0.29, 0.717) is 0 Å². The SMILES string of the molecule is CC[N+]1(C)CC(C)CC(C)C1C. The van der Waals surface area contributed by atoms with Crippen molar-refractivity contribution in [3.8, 4) is 0 Å². The molecule has 4 unspecified atom stereocenters. The summed E-state index contributed by atoms with van der Waals surface area (Å²) >= 11 is 0. The van der Waals surface area contributed by atoms with Crippen molar-refractivity contribution in [2.24, 2.45) is 11.8 Å². The van der Waals surface area contributed by atoms with E-state index in [1.807, 2.05) is 0 Å². The minimum atomic E-state index is 0.853. The highest BCUT2D eigenvalue weighted by molar-refractivity contribution is 4.72. The summed E-state index contributed by atoms with van der Waals surface area (Å²) < 4.78 is 1.28. The Balaban J connectivity index is 2.72. The molecule has 0 saturated carbocycles. The maximum absolute atomic E-state index is 2.42. The second-order valence-electron chi connectivity index (χ2n) is 5.04. The van der Waals surface area contributed by atoms with E-state index < -0.39 is 0 Å². The lowest BCUT2D eigenvalue weighted by molar-refractivity contribution is -0.941. The number of piperidine rings is 1. The van der Waals surface area contributed by atoms with E-state index in [0.717, 1.165) is 17.9 Å². The summed E-state index contributed by atoms with van der Waals surface area (Å²) in [4.78, 5) is 0. The third kappa shape index (κ3) is 1.66. The van der Waals surface area contributed by atoms with Crippen molar-refractivity contribution in [2.45, 2.75) is 40.2 Å². The molecule has 0 amide bonds. The van der Waals surface area contributed by atoms with Crippen molar-refractivity contribution in [1.82, 2.24) is 0 Å². The molecule has 0 aliphatic carbocycles. The Morgan fingerprint density at radius 2 is 1.83 bits per heavy atom. The maximum atomic E-state index is 2.42. The molecule has 1 aliphatic heterocycles. The zero-order valence-electron chi connectivity index (χ0n) is 9.30. The Labute approximate surface area is 77.4 Å². The fourth-order valence-corrected chi connectivity index (χ4v) is 2.82. The second kappa shape index (κ2) is 3.37. The molecule has 0 radical (unpaired) electrons. The monoisotopic (exact) mass is 170 g/mol. The second-order valence-corrected chi connectivity index (χ2v) is 5.04. The molecule has 0 spiro atoms. The summed E-state index contributed by atoms with van der Waals surface area (Å²) in [5, 5.41) is 0. The molecule has 1 rings (SSSR count). The topological polar surface area (TPSA) is 0 Å². The third-order valence-electron chi connectivity index (χ3n) is 4.03. The molecule has 0 aromatic rings. The minimum absolute atomic E-state index is 0.853. The van der Waals surface area contributed by atoms with E-state index in [4.69, 9.17) is 0 Å². The van der Waals surface area contributed by atoms with Gasteiger partial charge in [-0.3, -0.25) is 0 Å². The predicted octanol–water partition coefficient (Wildman–Crippen LogP) is 2.52. The van der Waals surface area contributed by atoms with Gasteiger partial charge in [0, 0.05) is 11.8 Å². The smallest absolute Gasteiger partial charge is 0.0885 e. The highest BCUT2D eigenvalue weighted by Gasteiger charge is 2.38. The summed E-state index contributed by atoms with van der Waals surface area (Å²) in [6, 6.07) is 0.853. The van der Waals surface area contributed by atoms with Crippen LogP contribution in [0.4, 0.5) is 0 Å². The summed E-state index contributed by atoms with van der Waals surface area (Å²) in [7, 11) is 2.41. The van der Waals surface area contributed by atoms with Crippen molar-refractivity contribution < 1.29 is 4.48 Å². The van der Waals surface area contributed by atoms with Crippen LogP contribution in [0.2, 0.25) is 0 Å². The Bertz CT molecular complexity index is 155. The maximum Gasteiger partial charge on any atom is 0.0885 e. The molecule has 0 N–H and O–H groups in total. The van der Waals surface area contributed by atoms with Gasteiger partial charge < -0.3 is 4.48 Å². The van der Waals surface area contributed by atoms with Gasteiger partial charge in [0.1, 0.15) is 0 Å². The Morgan fingerprint density at radius 3 is 2.33 bits per heavy atom. The van der Waals surface area contributed by atoms with Gasteiger partial charge in [-0.25, -0.2) is 0 Å². The Hall–Kier alpha value is -0.0400. The lowest BCUT2D eigenvalue weighted by atomic mass is 9.84. The summed E-state index contributed by atoms with van der Waals surface area (Å²) in [6.45, 7) is 12.2. The van der Waals surface area contributed by atoms with Crippen LogP contribution in [0, 0.1) is 11.8 Å². The molecule has 1 nitrogen and oxygen atoms in total. The first kappa shape index (κ1) is 10.0. The molecule has 12 heavy (non-hydrogen) atoms. The molecule has 72 valence electrons. The minimum Gasteiger partial charge on any atom is -0.324 e. The van der Waals surface area contributed by atoms with E-state index in [9.17, 15) is 0 Å². The highest BCUT2D eigenvalue weighted by Crippen LogP contribution is 2.31. The van der Waals surface area contributed by atoms with Crippen molar-refractivity contribution in [1.29, 1.82) is 0 Å². The van der Waals surface area contributed by atoms with Crippen molar-refractivity contribution in [3.63, 3.8) is 0 Å². The van der Waals surface area contributed by atoms with Crippen LogP contribution in [0.3, 0.4) is 0 Å². The van der Waals surface area contributed by atoms with Crippen LogP contribution in [0.25, 0.3) is 0 Å². The van der Waals surface area contributed by atoms with Crippen molar-refractivity contribution in [2.75, 3.05) is 20.1 Å². The summed E-state index contributed by atoms with van der Waals surface area (Å²) in [6.07, 6.45) is 1.43. The van der Waals surface area contributed by atoms with E-state index in [2.05, 4.69) is 34.7 Å². The van der Waals surface area contributed by atoms with Gasteiger partial charge in [-0.05, 0) is 20.3 Å². The van der Waals surface area contributed by atoms with Crippen LogP contribution in [0.5, 0.6) is 0 Å². The summed E-state index contributed by atoms with van der Waals surface area (Å²) in [5.41, 5.74) is 0. The van der Waals surface area contributed by atoms with Gasteiger partial charge in [0.05, 0.1) is 26.2 Å². The molecule has 4 atom stereocenters. The lowest BCUT2D eigenvalue weighted by Gasteiger charge is -2.48. The van der Waals surface area contributed by atoms with Crippen LogP contribution < -0.4 is 0 Å². The molecule has 1 heteroatoms. The highest BCUT2D eigenvalue weighted by atomic mass is 15.4. The number of likely N-dealkylation sites (tertiary alicyclic amines) is 1. The zero-order valence-corrected chi connectivity index (χ0v) is 9.30. The number of hydrogen-bond acceptors (Lipinski definition) is 0. The number of hydrogen-bond donors (Lipinski definition) is 0. The molecule has 1 saturated heterocycles. The van der Waals surface area contributed by atoms with Gasteiger partial charge in [0.2, 0.25) is 0 Å². The third-order valence-corrected chi connectivity index (χ3v) is 4.03. The van der Waals surface area contributed by atoms with Gasteiger partial charge in [-0.2, -0.15) is 0 Å². The van der Waals surface area contributed by atoms with E-state index in [1.165, 1.54) is 24.0 Å². The fourth-order valence-electron chi connectivity index (χ4n) is 2.82. The number of nitrogens with zero attached hydrogens (tertiary/aromatic N) is 1. The summed E-state index contributed by atoms with van der Waals surface area (Å²) in [5.74, 6) is 1.82. The van der Waals surface area contributed by atoms with E-state index in [1.54, 1.807) is 0 Å².